The van der Waals surface area contributed by atoms with Gasteiger partial charge in [0, 0.05) is 0 Å². The lowest BCUT2D eigenvalue weighted by Crippen LogP contribution is -2.07. The second-order valence-electron chi connectivity index (χ2n) is 1.06. The molecule has 0 aliphatic carbocycles. The summed E-state index contributed by atoms with van der Waals surface area (Å²) in [5.74, 6) is 0.468. The average Bonchev–Trinajstić information content (AvgIpc) is 1.86. The van der Waals surface area contributed by atoms with E-state index in [0.29, 0.717) is 5.88 Å². The highest BCUT2D eigenvalue weighted by Gasteiger charge is 1.94. The maximum absolute atomic E-state index is 5.11. The molecule has 0 bridgehead atoms. The maximum Gasteiger partial charge on any atom is 0.206 e. The van der Waals surface area contributed by atoms with Crippen LogP contribution in [0.5, 0.6) is 0 Å². The number of hydroxylamine groups is 1. The lowest BCUT2D eigenvalue weighted by atomic mass is 10.6. The predicted octanol–water partition coefficient (Wildman–Crippen LogP) is -0.679. The molecule has 0 aromatic rings. The molecule has 6 heavy (non-hydrogen) atoms. The van der Waals surface area contributed by atoms with E-state index >= 15 is 0 Å². The Labute approximate surface area is 35.7 Å². The molecule has 34 valence electrons. The molecule has 0 radical (unpaired) electrons. The van der Waals surface area contributed by atoms with Crippen molar-refractivity contribution in [2.45, 2.75) is 0 Å². The van der Waals surface area contributed by atoms with Gasteiger partial charge in [-0.25, -0.2) is 0 Å². The molecule has 1 aliphatic heterocycles. The van der Waals surface area contributed by atoms with Gasteiger partial charge in [-0.15, -0.1) is 0 Å². The zero-order chi connectivity index (χ0) is 4.41. The van der Waals surface area contributed by atoms with E-state index in [0.717, 1.165) is 6.54 Å². The summed E-state index contributed by atoms with van der Waals surface area (Å²) in [5.41, 5.74) is 7.67. The molecule has 3 N–H and O–H groups in total. The van der Waals surface area contributed by atoms with Crippen LogP contribution < -0.4 is 11.2 Å². The van der Waals surface area contributed by atoms with Crippen molar-refractivity contribution in [2.75, 3.05) is 6.54 Å². The smallest absolute Gasteiger partial charge is 0.206 e. The zero-order valence-electron chi connectivity index (χ0n) is 3.27. The first kappa shape index (κ1) is 3.49. The van der Waals surface area contributed by atoms with Gasteiger partial charge in [-0.05, 0) is 6.08 Å². The second-order valence-corrected chi connectivity index (χ2v) is 1.06. The fraction of sp³-hybridized carbons (Fsp3) is 0.333. The van der Waals surface area contributed by atoms with Gasteiger partial charge in [0.2, 0.25) is 5.88 Å². The fourth-order valence-electron chi connectivity index (χ4n) is 0.309. The summed E-state index contributed by atoms with van der Waals surface area (Å²) < 4.78 is 0. The van der Waals surface area contributed by atoms with Crippen molar-refractivity contribution in [1.29, 1.82) is 0 Å². The lowest BCUT2D eigenvalue weighted by molar-refractivity contribution is 0.137. The predicted molar refractivity (Wildman–Crippen MR) is 21.4 cm³/mol. The third kappa shape index (κ3) is 0.440. The van der Waals surface area contributed by atoms with Crippen molar-refractivity contribution in [3.63, 3.8) is 0 Å². The summed E-state index contributed by atoms with van der Waals surface area (Å²) in [6.07, 6.45) is 1.76. The minimum absolute atomic E-state index is 0.468. The van der Waals surface area contributed by atoms with E-state index < -0.39 is 0 Å². The Hall–Kier alpha value is -0.700. The Morgan fingerprint density at radius 1 is 2.00 bits per heavy atom. The molecule has 0 amide bonds. The van der Waals surface area contributed by atoms with Gasteiger partial charge in [-0.3, -0.25) is 0 Å². The van der Waals surface area contributed by atoms with Gasteiger partial charge in [0.1, 0.15) is 0 Å². The molecular weight excluding hydrogens is 80.0 g/mol. The zero-order valence-corrected chi connectivity index (χ0v) is 3.27. The highest BCUT2D eigenvalue weighted by atomic mass is 16.7. The van der Waals surface area contributed by atoms with Gasteiger partial charge in [-0.2, -0.15) is 5.48 Å². The highest BCUT2D eigenvalue weighted by Crippen LogP contribution is 1.87. The van der Waals surface area contributed by atoms with Crippen molar-refractivity contribution in [2.24, 2.45) is 5.73 Å². The van der Waals surface area contributed by atoms with Crippen molar-refractivity contribution >= 4 is 0 Å². The first-order valence-corrected chi connectivity index (χ1v) is 1.75. The van der Waals surface area contributed by atoms with Crippen molar-refractivity contribution in [1.82, 2.24) is 5.48 Å². The normalized spacial score (nSPS) is 19.7. The van der Waals surface area contributed by atoms with Crippen molar-refractivity contribution in [3.8, 4) is 0 Å². The summed E-state index contributed by atoms with van der Waals surface area (Å²) in [4.78, 5) is 4.54. The van der Waals surface area contributed by atoms with E-state index in [1.54, 1.807) is 6.08 Å². The molecule has 0 aromatic heterocycles. The molecule has 0 fully saturated rings. The summed E-state index contributed by atoms with van der Waals surface area (Å²) in [7, 11) is 0. The van der Waals surface area contributed by atoms with Crippen molar-refractivity contribution in [3.05, 3.63) is 12.0 Å². The van der Waals surface area contributed by atoms with Gasteiger partial charge in [0.15, 0.2) is 0 Å². The van der Waals surface area contributed by atoms with E-state index in [4.69, 9.17) is 5.73 Å². The van der Waals surface area contributed by atoms with Crippen molar-refractivity contribution < 1.29 is 4.84 Å². The Balaban J connectivity index is 2.45. The first-order valence-electron chi connectivity index (χ1n) is 1.75. The summed E-state index contributed by atoms with van der Waals surface area (Å²) in [6, 6.07) is 0. The molecule has 0 saturated heterocycles. The summed E-state index contributed by atoms with van der Waals surface area (Å²) in [5, 5.41) is 0. The Morgan fingerprint density at radius 3 is 3.00 bits per heavy atom. The van der Waals surface area contributed by atoms with Gasteiger partial charge >= 0.3 is 0 Å². The Kier molecular flexibility index (Phi) is 0.686. The molecule has 1 heterocycles. The molecule has 0 aromatic carbocycles. The van der Waals surface area contributed by atoms with Crippen LogP contribution in [-0.2, 0) is 4.84 Å². The highest BCUT2D eigenvalue weighted by molar-refractivity contribution is 4.91. The standard InChI is InChI=1S/C3H6N2O/c4-3-1-2-5-6-3/h1,5H,2,4H2. The van der Waals surface area contributed by atoms with E-state index in [9.17, 15) is 0 Å². The van der Waals surface area contributed by atoms with Crippen LogP contribution in [0.4, 0.5) is 0 Å². The maximum atomic E-state index is 5.11. The van der Waals surface area contributed by atoms with Crippen LogP contribution in [0.15, 0.2) is 12.0 Å². The molecule has 0 unspecified atom stereocenters. The van der Waals surface area contributed by atoms with E-state index in [1.807, 2.05) is 0 Å². The monoisotopic (exact) mass is 86.0 g/mol. The van der Waals surface area contributed by atoms with E-state index in [-0.39, 0.29) is 0 Å². The minimum atomic E-state index is 0.468. The van der Waals surface area contributed by atoms with Crippen LogP contribution in [0.1, 0.15) is 0 Å². The number of rotatable bonds is 0. The van der Waals surface area contributed by atoms with Crippen LogP contribution in [0.3, 0.4) is 0 Å². The SMILES string of the molecule is NC1=CCNO1. The third-order valence-corrected chi connectivity index (χ3v) is 0.577. The largest absolute Gasteiger partial charge is 0.391 e. The molecule has 1 rings (SSSR count). The first-order chi connectivity index (χ1) is 2.89. The lowest BCUT2D eigenvalue weighted by Gasteiger charge is -1.90. The second kappa shape index (κ2) is 1.18. The van der Waals surface area contributed by atoms with E-state index in [1.165, 1.54) is 0 Å². The average molecular weight is 86.1 g/mol. The number of hydrogen-bond acceptors (Lipinski definition) is 3. The van der Waals surface area contributed by atoms with Crippen LogP contribution in [0, 0.1) is 0 Å². The molecule has 3 nitrogen and oxygen atoms in total. The molecular formula is C3H6N2O. The number of hydrogen-bond donors (Lipinski definition) is 2. The molecule has 0 saturated carbocycles. The number of nitrogens with one attached hydrogen (secondary N) is 1. The summed E-state index contributed by atoms with van der Waals surface area (Å²) in [6.45, 7) is 0.728. The topological polar surface area (TPSA) is 47.3 Å². The van der Waals surface area contributed by atoms with Crippen LogP contribution in [0.25, 0.3) is 0 Å². The van der Waals surface area contributed by atoms with Gasteiger partial charge in [0.25, 0.3) is 0 Å². The minimum Gasteiger partial charge on any atom is -0.391 e. The van der Waals surface area contributed by atoms with E-state index in [2.05, 4.69) is 10.3 Å². The van der Waals surface area contributed by atoms with Gasteiger partial charge < -0.3 is 10.6 Å². The summed E-state index contributed by atoms with van der Waals surface area (Å²) >= 11 is 0. The third-order valence-electron chi connectivity index (χ3n) is 0.577. The fourth-order valence-corrected chi connectivity index (χ4v) is 0.309. The molecule has 0 spiro atoms. The Morgan fingerprint density at radius 2 is 2.83 bits per heavy atom. The quantitative estimate of drug-likeness (QED) is 0.410. The van der Waals surface area contributed by atoms with Crippen LogP contribution >= 0.6 is 0 Å². The van der Waals surface area contributed by atoms with Crippen LogP contribution in [-0.4, -0.2) is 6.54 Å². The van der Waals surface area contributed by atoms with Crippen LogP contribution in [0.2, 0.25) is 0 Å². The van der Waals surface area contributed by atoms with Gasteiger partial charge in [0.05, 0.1) is 6.54 Å². The number of nitrogens with two attached hydrogens (primary N) is 1. The van der Waals surface area contributed by atoms with Gasteiger partial charge in [-0.1, -0.05) is 0 Å². The Bertz CT molecular complexity index is 78.9. The molecule has 1 aliphatic rings. The molecule has 3 heteroatoms. The molecule has 0 atom stereocenters.